The summed E-state index contributed by atoms with van der Waals surface area (Å²) >= 11 is 0. The summed E-state index contributed by atoms with van der Waals surface area (Å²) in [6, 6.07) is 4.90. The van der Waals surface area contributed by atoms with Crippen molar-refractivity contribution in [1.29, 1.82) is 0 Å². The molecule has 2 rings (SSSR count). The largest absolute Gasteiger partial charge is 0.340 e. The maximum absolute atomic E-state index is 4.18. The summed E-state index contributed by atoms with van der Waals surface area (Å²) in [6.45, 7) is 10.5. The molecule has 18 heavy (non-hydrogen) atoms. The second-order valence-electron chi connectivity index (χ2n) is 7.09. The molecule has 0 radical (unpaired) electrons. The molecule has 0 atom stereocenters. The molecule has 2 heterocycles. The Labute approximate surface area is 110 Å². The summed E-state index contributed by atoms with van der Waals surface area (Å²) in [7, 11) is 0. The molecule has 1 aromatic rings. The maximum atomic E-state index is 4.18. The molecular weight excluding hydrogens is 222 g/mol. The Morgan fingerprint density at radius 3 is 2.50 bits per heavy atom. The van der Waals surface area contributed by atoms with Crippen LogP contribution in [0.15, 0.2) is 24.5 Å². The van der Waals surface area contributed by atoms with Gasteiger partial charge in [0.25, 0.3) is 0 Å². The molecule has 0 amide bonds. The Morgan fingerprint density at radius 2 is 1.94 bits per heavy atom. The van der Waals surface area contributed by atoms with Crippen LogP contribution in [-0.4, -0.2) is 22.1 Å². The molecule has 0 saturated carbocycles. The van der Waals surface area contributed by atoms with Gasteiger partial charge in [0.1, 0.15) is 6.54 Å². The molecule has 0 spiro atoms. The van der Waals surface area contributed by atoms with E-state index in [-0.39, 0.29) is 0 Å². The SMILES string of the molecule is CC1(C)CC([NH2+]Cc2cccnc2)CC(C)(C)[NH2+]1. The zero-order chi connectivity index (χ0) is 13.2. The molecule has 1 fully saturated rings. The van der Waals surface area contributed by atoms with E-state index < -0.39 is 0 Å². The number of piperidine rings is 1. The van der Waals surface area contributed by atoms with Gasteiger partial charge in [-0.05, 0) is 33.8 Å². The van der Waals surface area contributed by atoms with E-state index in [4.69, 9.17) is 0 Å². The van der Waals surface area contributed by atoms with Crippen molar-refractivity contribution in [3.05, 3.63) is 30.1 Å². The van der Waals surface area contributed by atoms with Crippen LogP contribution in [0.1, 0.15) is 46.1 Å². The highest BCUT2D eigenvalue weighted by molar-refractivity contribution is 5.06. The average Bonchev–Trinajstić information content (AvgIpc) is 2.24. The highest BCUT2D eigenvalue weighted by Gasteiger charge is 2.43. The summed E-state index contributed by atoms with van der Waals surface area (Å²) < 4.78 is 0. The van der Waals surface area contributed by atoms with Gasteiger partial charge in [0.15, 0.2) is 0 Å². The lowest BCUT2D eigenvalue weighted by atomic mass is 9.79. The minimum absolute atomic E-state index is 0.359. The first kappa shape index (κ1) is 13.5. The number of pyridine rings is 1. The molecule has 1 aromatic heterocycles. The molecule has 1 aliphatic rings. The zero-order valence-corrected chi connectivity index (χ0v) is 12.1. The smallest absolute Gasteiger partial charge is 0.103 e. The maximum Gasteiger partial charge on any atom is 0.103 e. The van der Waals surface area contributed by atoms with Gasteiger partial charge in [-0.3, -0.25) is 4.98 Å². The molecule has 1 aliphatic heterocycles. The van der Waals surface area contributed by atoms with Crippen LogP contribution in [0.2, 0.25) is 0 Å². The van der Waals surface area contributed by atoms with Crippen molar-refractivity contribution in [2.24, 2.45) is 0 Å². The van der Waals surface area contributed by atoms with Crippen LogP contribution in [0.3, 0.4) is 0 Å². The average molecular weight is 249 g/mol. The third-order valence-electron chi connectivity index (χ3n) is 3.77. The van der Waals surface area contributed by atoms with E-state index in [1.54, 1.807) is 0 Å². The van der Waals surface area contributed by atoms with Gasteiger partial charge >= 0.3 is 0 Å². The van der Waals surface area contributed by atoms with Crippen molar-refractivity contribution in [2.75, 3.05) is 0 Å². The summed E-state index contributed by atoms with van der Waals surface area (Å²) in [4.78, 5) is 4.18. The monoisotopic (exact) mass is 249 g/mol. The molecule has 0 aliphatic carbocycles. The Kier molecular flexibility index (Phi) is 3.74. The molecule has 0 bridgehead atoms. The van der Waals surface area contributed by atoms with Crippen LogP contribution < -0.4 is 10.6 Å². The Hall–Kier alpha value is -0.930. The Bertz CT molecular complexity index is 368. The van der Waals surface area contributed by atoms with Crippen LogP contribution in [-0.2, 0) is 6.54 Å². The van der Waals surface area contributed by atoms with Crippen molar-refractivity contribution in [1.82, 2.24) is 4.98 Å². The van der Waals surface area contributed by atoms with Gasteiger partial charge in [-0.1, -0.05) is 6.07 Å². The van der Waals surface area contributed by atoms with Crippen molar-refractivity contribution >= 4 is 0 Å². The van der Waals surface area contributed by atoms with Crippen molar-refractivity contribution in [3.63, 3.8) is 0 Å². The minimum Gasteiger partial charge on any atom is -0.340 e. The van der Waals surface area contributed by atoms with Crippen molar-refractivity contribution < 1.29 is 10.6 Å². The molecule has 4 N–H and O–H groups in total. The lowest BCUT2D eigenvalue weighted by Crippen LogP contribution is -3.09. The number of aromatic nitrogens is 1. The lowest BCUT2D eigenvalue weighted by Gasteiger charge is -2.41. The van der Waals surface area contributed by atoms with Gasteiger partial charge < -0.3 is 10.6 Å². The van der Waals surface area contributed by atoms with Gasteiger partial charge in [-0.15, -0.1) is 0 Å². The number of rotatable bonds is 3. The first-order valence-corrected chi connectivity index (χ1v) is 6.96. The molecule has 100 valence electrons. The number of hydrogen-bond acceptors (Lipinski definition) is 1. The molecular formula is C15H27N3+2. The predicted octanol–water partition coefficient (Wildman–Crippen LogP) is 0.428. The zero-order valence-electron chi connectivity index (χ0n) is 12.1. The number of quaternary nitrogens is 2. The third kappa shape index (κ3) is 3.79. The highest BCUT2D eigenvalue weighted by atomic mass is 15.1. The first-order valence-electron chi connectivity index (χ1n) is 6.96. The van der Waals surface area contributed by atoms with Crippen LogP contribution in [0, 0.1) is 0 Å². The molecule has 3 heteroatoms. The number of nitrogens with two attached hydrogens (primary N) is 2. The fourth-order valence-electron chi connectivity index (χ4n) is 3.59. The van der Waals surface area contributed by atoms with E-state index in [1.165, 1.54) is 18.4 Å². The van der Waals surface area contributed by atoms with E-state index >= 15 is 0 Å². The van der Waals surface area contributed by atoms with E-state index in [2.05, 4.69) is 49.4 Å². The Morgan fingerprint density at radius 1 is 1.28 bits per heavy atom. The van der Waals surface area contributed by atoms with Crippen LogP contribution >= 0.6 is 0 Å². The van der Waals surface area contributed by atoms with Gasteiger partial charge in [0, 0.05) is 18.0 Å². The summed E-state index contributed by atoms with van der Waals surface area (Å²) in [5.74, 6) is 0. The highest BCUT2D eigenvalue weighted by Crippen LogP contribution is 2.19. The van der Waals surface area contributed by atoms with Gasteiger partial charge in [0.05, 0.1) is 30.0 Å². The standard InChI is InChI=1S/C15H25N3/c1-14(2)8-13(9-15(3,4)18-14)17-11-12-6-5-7-16-10-12/h5-7,10,13,17-18H,8-9,11H2,1-4H3/p+2. The lowest BCUT2D eigenvalue weighted by molar-refractivity contribution is -0.816. The minimum atomic E-state index is 0.359. The summed E-state index contributed by atoms with van der Waals surface area (Å²) in [5.41, 5.74) is 2.04. The normalized spacial score (nSPS) is 22.9. The molecule has 1 saturated heterocycles. The van der Waals surface area contributed by atoms with Crippen LogP contribution in [0.25, 0.3) is 0 Å². The second kappa shape index (κ2) is 4.98. The number of nitrogens with zero attached hydrogens (tertiary/aromatic N) is 1. The fraction of sp³-hybridized carbons (Fsp3) is 0.667. The quantitative estimate of drug-likeness (QED) is 0.802. The van der Waals surface area contributed by atoms with E-state index in [0.29, 0.717) is 11.1 Å². The van der Waals surface area contributed by atoms with Gasteiger partial charge in [-0.2, -0.15) is 0 Å². The predicted molar refractivity (Wildman–Crippen MR) is 73.0 cm³/mol. The number of hydrogen-bond donors (Lipinski definition) is 2. The molecule has 0 aromatic carbocycles. The van der Waals surface area contributed by atoms with E-state index in [0.717, 1.165) is 12.6 Å². The molecule has 0 unspecified atom stereocenters. The van der Waals surface area contributed by atoms with Crippen LogP contribution in [0.5, 0.6) is 0 Å². The topological polar surface area (TPSA) is 46.1 Å². The third-order valence-corrected chi connectivity index (χ3v) is 3.77. The second-order valence-corrected chi connectivity index (χ2v) is 7.09. The molecule has 3 nitrogen and oxygen atoms in total. The fourth-order valence-corrected chi connectivity index (χ4v) is 3.59. The summed E-state index contributed by atoms with van der Waals surface area (Å²) in [5, 5.41) is 5.03. The van der Waals surface area contributed by atoms with E-state index in [9.17, 15) is 0 Å². The van der Waals surface area contributed by atoms with Gasteiger partial charge in [-0.25, -0.2) is 0 Å². The van der Waals surface area contributed by atoms with Crippen molar-refractivity contribution in [3.8, 4) is 0 Å². The van der Waals surface area contributed by atoms with Crippen molar-refractivity contribution in [2.45, 2.75) is 64.2 Å². The Balaban J connectivity index is 1.93. The van der Waals surface area contributed by atoms with Gasteiger partial charge in [0.2, 0.25) is 0 Å². The summed E-state index contributed by atoms with van der Waals surface area (Å²) in [6.07, 6.45) is 6.36. The van der Waals surface area contributed by atoms with Crippen LogP contribution in [0.4, 0.5) is 0 Å². The first-order chi connectivity index (χ1) is 8.36. The van der Waals surface area contributed by atoms with E-state index in [1.807, 2.05) is 18.5 Å².